The number of hydrogen-bond acceptors (Lipinski definition) is 6. The molecule has 10 heteroatoms. The van der Waals surface area contributed by atoms with Crippen LogP contribution in [-0.2, 0) is 10.0 Å². The highest BCUT2D eigenvalue weighted by atomic mass is 35.5. The van der Waals surface area contributed by atoms with Crippen LogP contribution >= 0.6 is 11.6 Å². The van der Waals surface area contributed by atoms with Gasteiger partial charge < -0.3 is 19.5 Å². The quantitative estimate of drug-likeness (QED) is 0.575. The van der Waals surface area contributed by atoms with E-state index in [4.69, 9.17) is 25.8 Å². The van der Waals surface area contributed by atoms with E-state index < -0.39 is 15.9 Å². The monoisotopic (exact) mass is 496 g/mol. The fourth-order valence-electron chi connectivity index (χ4n) is 3.39. The van der Waals surface area contributed by atoms with Crippen LogP contribution in [0.4, 0.5) is 5.69 Å². The van der Waals surface area contributed by atoms with Gasteiger partial charge in [0.05, 0.1) is 34.9 Å². The number of fused-ring (bicyclic) bond motifs is 1. The van der Waals surface area contributed by atoms with Crippen LogP contribution in [0.5, 0.6) is 17.2 Å². The van der Waals surface area contributed by atoms with Crippen molar-refractivity contribution in [3.8, 4) is 17.2 Å². The first kappa shape index (κ1) is 25.1. The highest BCUT2D eigenvalue weighted by Crippen LogP contribution is 2.38. The molecule has 0 atom stereocenters. The molecule has 1 aliphatic heterocycles. The van der Waals surface area contributed by atoms with Crippen molar-refractivity contribution >= 4 is 33.2 Å². The maximum atomic E-state index is 13.1. The van der Waals surface area contributed by atoms with Gasteiger partial charge in [-0.1, -0.05) is 25.4 Å². The van der Waals surface area contributed by atoms with Crippen LogP contribution in [-0.4, -0.2) is 51.0 Å². The summed E-state index contributed by atoms with van der Waals surface area (Å²) in [7, 11) is -3.72. The molecule has 0 unspecified atom stereocenters. The smallest absolute Gasteiger partial charge is 0.255 e. The largest absolute Gasteiger partial charge is 0.489 e. The molecule has 0 bridgehead atoms. The number of rotatable bonds is 8. The molecule has 0 saturated carbocycles. The summed E-state index contributed by atoms with van der Waals surface area (Å²) in [5.41, 5.74) is 0.488. The van der Waals surface area contributed by atoms with Crippen molar-refractivity contribution in [2.24, 2.45) is 0 Å². The lowest BCUT2D eigenvalue weighted by atomic mass is 10.1. The van der Waals surface area contributed by atoms with Gasteiger partial charge in [0, 0.05) is 25.1 Å². The van der Waals surface area contributed by atoms with Gasteiger partial charge in [0.15, 0.2) is 11.5 Å². The summed E-state index contributed by atoms with van der Waals surface area (Å²) in [6.07, 6.45) is 0.523. The molecule has 1 aliphatic rings. The van der Waals surface area contributed by atoms with Crippen LogP contribution in [0.3, 0.4) is 0 Å². The molecule has 0 radical (unpaired) electrons. The average molecular weight is 497 g/mol. The van der Waals surface area contributed by atoms with Gasteiger partial charge in [-0.15, -0.1) is 0 Å². The maximum Gasteiger partial charge on any atom is 0.255 e. The van der Waals surface area contributed by atoms with Crippen LogP contribution < -0.4 is 19.5 Å². The average Bonchev–Trinajstić information content (AvgIpc) is 3.01. The van der Waals surface area contributed by atoms with E-state index in [0.717, 1.165) is 0 Å². The molecule has 0 aromatic heterocycles. The summed E-state index contributed by atoms with van der Waals surface area (Å²) >= 11 is 6.32. The van der Waals surface area contributed by atoms with Crippen LogP contribution in [0, 0.1) is 0 Å². The third-order valence-electron chi connectivity index (χ3n) is 4.97. The molecule has 3 rings (SSSR count). The Balaban J connectivity index is 1.98. The Bertz CT molecular complexity index is 1120. The van der Waals surface area contributed by atoms with Crippen LogP contribution in [0.2, 0.25) is 5.02 Å². The Morgan fingerprint density at radius 2 is 1.85 bits per heavy atom. The van der Waals surface area contributed by atoms with Gasteiger partial charge >= 0.3 is 0 Å². The van der Waals surface area contributed by atoms with E-state index in [0.29, 0.717) is 50.0 Å². The Labute approximate surface area is 199 Å². The van der Waals surface area contributed by atoms with E-state index in [9.17, 15) is 13.2 Å². The molecule has 0 spiro atoms. The summed E-state index contributed by atoms with van der Waals surface area (Å²) in [4.78, 5) is 13.2. The lowest BCUT2D eigenvalue weighted by Crippen LogP contribution is -2.30. The predicted octanol–water partition coefficient (Wildman–Crippen LogP) is 4.57. The van der Waals surface area contributed by atoms with Gasteiger partial charge in [0.25, 0.3) is 5.91 Å². The zero-order valence-electron chi connectivity index (χ0n) is 19.2. The second-order valence-corrected chi connectivity index (χ2v) is 10.0. The Kier molecular flexibility index (Phi) is 8.10. The van der Waals surface area contributed by atoms with Crippen molar-refractivity contribution in [2.75, 3.05) is 31.6 Å². The van der Waals surface area contributed by atoms with Crippen molar-refractivity contribution in [1.29, 1.82) is 0 Å². The maximum absolute atomic E-state index is 13.1. The van der Waals surface area contributed by atoms with E-state index in [2.05, 4.69) is 5.32 Å². The van der Waals surface area contributed by atoms with Gasteiger partial charge in [-0.2, -0.15) is 4.31 Å². The molecular formula is C23H29ClN2O6S. The van der Waals surface area contributed by atoms with Crippen LogP contribution in [0.25, 0.3) is 0 Å². The first-order valence-corrected chi connectivity index (χ1v) is 12.7. The molecule has 1 heterocycles. The van der Waals surface area contributed by atoms with Crippen molar-refractivity contribution in [1.82, 2.24) is 4.31 Å². The summed E-state index contributed by atoms with van der Waals surface area (Å²) in [5, 5.41) is 3.03. The van der Waals surface area contributed by atoms with Gasteiger partial charge in [0.1, 0.15) is 5.75 Å². The number of sulfonamides is 1. The second-order valence-electron chi connectivity index (χ2n) is 7.70. The third kappa shape index (κ3) is 5.72. The third-order valence-corrected chi connectivity index (χ3v) is 7.30. The molecule has 0 saturated heterocycles. The van der Waals surface area contributed by atoms with Gasteiger partial charge in [0.2, 0.25) is 10.0 Å². The molecule has 8 nitrogen and oxygen atoms in total. The number of nitrogens with zero attached hydrogens (tertiary/aromatic N) is 1. The molecule has 0 fully saturated rings. The van der Waals surface area contributed by atoms with E-state index in [-0.39, 0.29) is 27.3 Å². The van der Waals surface area contributed by atoms with E-state index in [1.54, 1.807) is 26.0 Å². The number of anilines is 1. The van der Waals surface area contributed by atoms with Gasteiger partial charge in [-0.3, -0.25) is 4.79 Å². The number of hydrogen-bond donors (Lipinski definition) is 1. The topological polar surface area (TPSA) is 94.2 Å². The highest BCUT2D eigenvalue weighted by molar-refractivity contribution is 7.89. The Morgan fingerprint density at radius 1 is 1.15 bits per heavy atom. The van der Waals surface area contributed by atoms with Crippen LogP contribution in [0.1, 0.15) is 44.5 Å². The number of benzene rings is 2. The summed E-state index contributed by atoms with van der Waals surface area (Å²) in [6, 6.07) is 7.48. The SMILES string of the molecule is CCN(CC)S(=O)(=O)c1ccc(OC(C)C)c(NC(=O)c2cc(Cl)c3c(c2)OCCCO3)c1. The number of nitrogens with one attached hydrogen (secondary N) is 1. The minimum Gasteiger partial charge on any atom is -0.489 e. The molecule has 2 aromatic carbocycles. The molecule has 2 aromatic rings. The number of amides is 1. The van der Waals surface area contributed by atoms with Crippen molar-refractivity contribution in [3.05, 3.63) is 40.9 Å². The fraction of sp³-hybridized carbons (Fsp3) is 0.435. The van der Waals surface area contributed by atoms with E-state index >= 15 is 0 Å². The predicted molar refractivity (Wildman–Crippen MR) is 127 cm³/mol. The lowest BCUT2D eigenvalue weighted by molar-refractivity contribution is 0.102. The molecule has 180 valence electrons. The normalized spacial score (nSPS) is 13.7. The first-order valence-electron chi connectivity index (χ1n) is 10.9. The molecular weight excluding hydrogens is 468 g/mol. The molecule has 1 amide bonds. The molecule has 33 heavy (non-hydrogen) atoms. The minimum absolute atomic E-state index is 0.0642. The molecule has 1 N–H and O–H groups in total. The Morgan fingerprint density at radius 3 is 2.52 bits per heavy atom. The lowest BCUT2D eigenvalue weighted by Gasteiger charge is -2.21. The number of halogens is 1. The van der Waals surface area contributed by atoms with Crippen LogP contribution in [0.15, 0.2) is 35.2 Å². The van der Waals surface area contributed by atoms with E-state index in [1.807, 2.05) is 13.8 Å². The Hall–Kier alpha value is -2.49. The van der Waals surface area contributed by atoms with Crippen molar-refractivity contribution in [3.63, 3.8) is 0 Å². The number of ether oxygens (including phenoxy) is 3. The zero-order chi connectivity index (χ0) is 24.2. The second kappa shape index (κ2) is 10.6. The summed E-state index contributed by atoms with van der Waals surface area (Å²) in [6.45, 7) is 8.82. The summed E-state index contributed by atoms with van der Waals surface area (Å²) in [5.74, 6) is 0.666. The van der Waals surface area contributed by atoms with Crippen molar-refractivity contribution < 1.29 is 27.4 Å². The first-order chi connectivity index (χ1) is 15.7. The number of carbonyl (C=O) groups excluding carboxylic acids is 1. The van der Waals surface area contributed by atoms with Gasteiger partial charge in [-0.05, 0) is 44.2 Å². The van der Waals surface area contributed by atoms with Crippen molar-refractivity contribution in [2.45, 2.75) is 45.1 Å². The minimum atomic E-state index is -3.72. The van der Waals surface area contributed by atoms with Gasteiger partial charge in [-0.25, -0.2) is 8.42 Å². The highest BCUT2D eigenvalue weighted by Gasteiger charge is 2.24. The number of carbonyl (C=O) groups is 1. The molecule has 0 aliphatic carbocycles. The van der Waals surface area contributed by atoms with E-state index in [1.165, 1.54) is 22.5 Å². The standard InChI is InChI=1S/C23H29ClN2O6S/c1-5-26(6-2)33(28,29)17-8-9-20(32-15(3)4)19(14-17)25-23(27)16-12-18(24)22-21(13-16)30-10-7-11-31-22/h8-9,12-15H,5-7,10-11H2,1-4H3,(H,25,27). The zero-order valence-corrected chi connectivity index (χ0v) is 20.8. The summed E-state index contributed by atoms with van der Waals surface area (Å²) < 4.78 is 44.4. The fourth-order valence-corrected chi connectivity index (χ4v) is 5.14.